The van der Waals surface area contributed by atoms with Crippen molar-refractivity contribution in [3.8, 4) is 0 Å². The highest BCUT2D eigenvalue weighted by Crippen LogP contribution is 2.22. The molecule has 0 saturated heterocycles. The van der Waals surface area contributed by atoms with Gasteiger partial charge in [-0.1, -0.05) is 32.6 Å². The summed E-state index contributed by atoms with van der Waals surface area (Å²) in [5.41, 5.74) is 0. The van der Waals surface area contributed by atoms with Crippen LogP contribution >= 0.6 is 0 Å². The number of hydrogen-bond acceptors (Lipinski definition) is 2. The van der Waals surface area contributed by atoms with Crippen LogP contribution in [-0.4, -0.2) is 36.6 Å². The predicted octanol–water partition coefficient (Wildman–Crippen LogP) is 3.42. The van der Waals surface area contributed by atoms with Crippen molar-refractivity contribution in [3.63, 3.8) is 0 Å². The monoisotopic (exact) mass is 240 g/mol. The maximum Gasteiger partial charge on any atom is 0.0248 e. The van der Waals surface area contributed by atoms with Gasteiger partial charge in [0.25, 0.3) is 0 Å². The van der Waals surface area contributed by atoms with Gasteiger partial charge in [-0.3, -0.25) is 4.90 Å². The van der Waals surface area contributed by atoms with E-state index in [0.717, 1.165) is 6.04 Å². The topological polar surface area (TPSA) is 15.3 Å². The summed E-state index contributed by atoms with van der Waals surface area (Å²) in [4.78, 5) is 2.58. The van der Waals surface area contributed by atoms with Crippen LogP contribution in [0, 0.1) is 0 Å². The van der Waals surface area contributed by atoms with Crippen LogP contribution in [0.3, 0.4) is 0 Å². The highest BCUT2D eigenvalue weighted by molar-refractivity contribution is 4.86. The molecule has 0 aliphatic heterocycles. The zero-order valence-electron chi connectivity index (χ0n) is 12.3. The summed E-state index contributed by atoms with van der Waals surface area (Å²) in [6.07, 6.45) is 9.66. The summed E-state index contributed by atoms with van der Waals surface area (Å²) < 4.78 is 0. The Labute approximate surface area is 108 Å². The third-order valence-corrected chi connectivity index (χ3v) is 4.22. The highest BCUT2D eigenvalue weighted by atomic mass is 15.2. The molecule has 0 aromatic rings. The van der Waals surface area contributed by atoms with Gasteiger partial charge in [-0.2, -0.15) is 0 Å². The molecule has 2 unspecified atom stereocenters. The molecule has 0 aromatic heterocycles. The third kappa shape index (κ3) is 4.97. The lowest BCUT2D eigenvalue weighted by Crippen LogP contribution is -2.51. The van der Waals surface area contributed by atoms with E-state index in [1.54, 1.807) is 0 Å². The zero-order valence-corrected chi connectivity index (χ0v) is 12.3. The molecule has 1 aliphatic carbocycles. The number of likely N-dealkylation sites (N-methyl/N-ethyl adjacent to an activating group) is 1. The van der Waals surface area contributed by atoms with Gasteiger partial charge in [0.05, 0.1) is 0 Å². The molecule has 0 amide bonds. The van der Waals surface area contributed by atoms with Gasteiger partial charge in [0.15, 0.2) is 0 Å². The van der Waals surface area contributed by atoms with Crippen LogP contribution < -0.4 is 5.32 Å². The van der Waals surface area contributed by atoms with Crippen LogP contribution in [0.2, 0.25) is 0 Å². The molecule has 1 N–H and O–H groups in total. The Bertz CT molecular complexity index is 189. The smallest absolute Gasteiger partial charge is 0.0248 e. The van der Waals surface area contributed by atoms with E-state index in [2.05, 4.69) is 38.0 Å². The van der Waals surface area contributed by atoms with Crippen molar-refractivity contribution in [3.05, 3.63) is 0 Å². The first kappa shape index (κ1) is 15.0. The maximum absolute atomic E-state index is 3.78. The van der Waals surface area contributed by atoms with E-state index in [4.69, 9.17) is 0 Å². The minimum absolute atomic E-state index is 0.658. The van der Waals surface area contributed by atoms with Crippen molar-refractivity contribution >= 4 is 0 Å². The van der Waals surface area contributed by atoms with Gasteiger partial charge in [0.1, 0.15) is 0 Å². The van der Waals surface area contributed by atoms with Crippen LogP contribution in [-0.2, 0) is 0 Å². The fourth-order valence-corrected chi connectivity index (χ4v) is 2.90. The molecule has 0 bridgehead atoms. The van der Waals surface area contributed by atoms with Gasteiger partial charge in [-0.25, -0.2) is 0 Å². The minimum atomic E-state index is 0.658. The Morgan fingerprint density at radius 1 is 1.12 bits per heavy atom. The van der Waals surface area contributed by atoms with Crippen molar-refractivity contribution in [2.75, 3.05) is 13.6 Å². The van der Waals surface area contributed by atoms with E-state index in [0.29, 0.717) is 12.1 Å². The zero-order chi connectivity index (χ0) is 12.7. The molecule has 17 heavy (non-hydrogen) atoms. The van der Waals surface area contributed by atoms with Crippen LogP contribution in [0.1, 0.15) is 65.7 Å². The van der Waals surface area contributed by atoms with Crippen LogP contribution in [0.5, 0.6) is 0 Å². The highest BCUT2D eigenvalue weighted by Gasteiger charge is 2.26. The van der Waals surface area contributed by atoms with Crippen molar-refractivity contribution in [1.29, 1.82) is 0 Å². The summed E-state index contributed by atoms with van der Waals surface area (Å²) in [5, 5.41) is 3.78. The molecule has 102 valence electrons. The molecule has 2 nitrogen and oxygen atoms in total. The fraction of sp³-hybridized carbons (Fsp3) is 1.00. The Morgan fingerprint density at radius 2 is 1.76 bits per heavy atom. The van der Waals surface area contributed by atoms with Crippen molar-refractivity contribution < 1.29 is 0 Å². The molecular formula is C15H32N2. The van der Waals surface area contributed by atoms with E-state index < -0.39 is 0 Å². The van der Waals surface area contributed by atoms with Crippen molar-refractivity contribution in [2.24, 2.45) is 0 Å². The van der Waals surface area contributed by atoms with E-state index in [9.17, 15) is 0 Å². The van der Waals surface area contributed by atoms with Crippen LogP contribution in [0.4, 0.5) is 0 Å². The largest absolute Gasteiger partial charge is 0.312 e. The first-order valence-electron chi connectivity index (χ1n) is 7.62. The summed E-state index contributed by atoms with van der Waals surface area (Å²) >= 11 is 0. The molecular weight excluding hydrogens is 208 g/mol. The van der Waals surface area contributed by atoms with E-state index in [1.807, 2.05) is 0 Å². The number of nitrogens with one attached hydrogen (secondary N) is 1. The van der Waals surface area contributed by atoms with E-state index >= 15 is 0 Å². The quantitative estimate of drug-likeness (QED) is 0.792. The van der Waals surface area contributed by atoms with Crippen LogP contribution in [0.15, 0.2) is 0 Å². The van der Waals surface area contributed by atoms with Gasteiger partial charge in [0.2, 0.25) is 0 Å². The van der Waals surface area contributed by atoms with Gasteiger partial charge in [-0.05, 0) is 46.7 Å². The minimum Gasteiger partial charge on any atom is -0.312 e. The van der Waals surface area contributed by atoms with Gasteiger partial charge < -0.3 is 5.32 Å². The second kappa shape index (κ2) is 8.10. The first-order valence-corrected chi connectivity index (χ1v) is 7.62. The summed E-state index contributed by atoms with van der Waals surface area (Å²) in [6.45, 7) is 8.06. The van der Waals surface area contributed by atoms with Gasteiger partial charge >= 0.3 is 0 Å². The molecule has 1 rings (SSSR count). The molecule has 2 heteroatoms. The van der Waals surface area contributed by atoms with Crippen LogP contribution in [0.25, 0.3) is 0 Å². The summed E-state index contributed by atoms with van der Waals surface area (Å²) in [7, 11) is 2.30. The van der Waals surface area contributed by atoms with Crippen molar-refractivity contribution in [2.45, 2.75) is 83.8 Å². The Kier molecular flexibility index (Phi) is 7.14. The molecule has 1 fully saturated rings. The third-order valence-electron chi connectivity index (χ3n) is 4.22. The molecule has 0 radical (unpaired) electrons. The number of hydrogen-bond donors (Lipinski definition) is 1. The van der Waals surface area contributed by atoms with Crippen molar-refractivity contribution in [1.82, 2.24) is 10.2 Å². The molecule has 2 atom stereocenters. The molecule has 0 heterocycles. The second-order valence-electron chi connectivity index (χ2n) is 5.88. The summed E-state index contributed by atoms with van der Waals surface area (Å²) in [6, 6.07) is 2.11. The molecule has 1 saturated carbocycles. The lowest BCUT2D eigenvalue weighted by atomic mass is 9.90. The Balaban J connectivity index is 2.60. The van der Waals surface area contributed by atoms with Gasteiger partial charge in [-0.15, -0.1) is 0 Å². The normalized spacial score (nSPS) is 27.2. The standard InChI is InChI=1S/C15H32N2/c1-5-12-16-14-10-8-6-7-9-11-15(14)17(4)13(2)3/h13-16H,5-12H2,1-4H3. The predicted molar refractivity (Wildman–Crippen MR) is 76.5 cm³/mol. The summed E-state index contributed by atoms with van der Waals surface area (Å²) in [5.74, 6) is 0. The first-order chi connectivity index (χ1) is 8.16. The Hall–Kier alpha value is -0.0800. The average Bonchev–Trinajstić information content (AvgIpc) is 2.27. The number of nitrogens with zero attached hydrogens (tertiary/aromatic N) is 1. The van der Waals surface area contributed by atoms with E-state index in [-0.39, 0.29) is 0 Å². The number of rotatable bonds is 5. The molecule has 0 spiro atoms. The fourth-order valence-electron chi connectivity index (χ4n) is 2.90. The average molecular weight is 240 g/mol. The van der Waals surface area contributed by atoms with Gasteiger partial charge in [0, 0.05) is 18.1 Å². The maximum atomic E-state index is 3.78. The Morgan fingerprint density at radius 3 is 2.35 bits per heavy atom. The molecule has 0 aromatic carbocycles. The second-order valence-corrected chi connectivity index (χ2v) is 5.88. The molecule has 1 aliphatic rings. The lowest BCUT2D eigenvalue weighted by Gasteiger charge is -2.39. The van der Waals surface area contributed by atoms with E-state index in [1.165, 1.54) is 51.5 Å². The SMILES string of the molecule is CCCNC1CCCCCCC1N(C)C(C)C. The lowest BCUT2D eigenvalue weighted by molar-refractivity contribution is 0.132.